The molecule has 0 aliphatic heterocycles. The van der Waals surface area contributed by atoms with Crippen molar-refractivity contribution in [3.05, 3.63) is 0 Å². The maximum Gasteiger partial charge on any atom is 0.320 e. The number of aliphatic carboxylic acids is 1. The number of carbonyl (C=O) groups excluding carboxylic acids is 1. The van der Waals surface area contributed by atoms with Crippen LogP contribution in [0.1, 0.15) is 33.6 Å². The average Bonchev–Trinajstić information content (AvgIpc) is 2.23. The van der Waals surface area contributed by atoms with Gasteiger partial charge in [0.25, 0.3) is 0 Å². The van der Waals surface area contributed by atoms with Gasteiger partial charge in [-0.05, 0) is 27.2 Å². The Labute approximate surface area is 108 Å². The van der Waals surface area contributed by atoms with E-state index in [1.54, 1.807) is 11.9 Å². The number of aliphatic hydroxyl groups is 1. The van der Waals surface area contributed by atoms with Crippen molar-refractivity contribution in [3.63, 3.8) is 0 Å². The average molecular weight is 260 g/mol. The molecular weight excluding hydrogens is 236 g/mol. The van der Waals surface area contributed by atoms with Crippen LogP contribution in [-0.4, -0.2) is 64.3 Å². The zero-order chi connectivity index (χ0) is 14.3. The number of nitrogens with zero attached hydrogens (tertiary/aromatic N) is 2. The quantitative estimate of drug-likeness (QED) is 0.746. The van der Waals surface area contributed by atoms with Crippen LogP contribution in [-0.2, 0) is 4.79 Å². The summed E-state index contributed by atoms with van der Waals surface area (Å²) in [6.07, 6.45) is 0.440. The largest absolute Gasteiger partial charge is 0.481 e. The number of hydrogen-bond donors (Lipinski definition) is 2. The van der Waals surface area contributed by atoms with Crippen LogP contribution in [0.5, 0.6) is 0 Å². The summed E-state index contributed by atoms with van der Waals surface area (Å²) in [5.74, 6) is -0.921. The summed E-state index contributed by atoms with van der Waals surface area (Å²) < 4.78 is 0. The van der Waals surface area contributed by atoms with Crippen LogP contribution < -0.4 is 0 Å². The van der Waals surface area contributed by atoms with E-state index in [2.05, 4.69) is 0 Å². The van der Waals surface area contributed by atoms with Crippen LogP contribution >= 0.6 is 0 Å². The van der Waals surface area contributed by atoms with Crippen molar-refractivity contribution >= 4 is 12.0 Å². The second kappa shape index (κ2) is 7.20. The Morgan fingerprint density at radius 1 is 1.17 bits per heavy atom. The lowest BCUT2D eigenvalue weighted by atomic mass is 10.1. The molecular formula is C12H24N2O4. The Bertz CT molecular complexity index is 286. The second-order valence-electron chi connectivity index (χ2n) is 5.25. The lowest BCUT2D eigenvalue weighted by molar-refractivity contribution is -0.137. The van der Waals surface area contributed by atoms with Crippen LogP contribution in [0.15, 0.2) is 0 Å². The molecule has 0 saturated carbocycles. The number of urea groups is 1. The number of amides is 2. The third-order valence-corrected chi connectivity index (χ3v) is 2.57. The summed E-state index contributed by atoms with van der Waals surface area (Å²) in [6, 6.07) is -0.211. The van der Waals surface area contributed by atoms with E-state index in [0.29, 0.717) is 13.0 Å². The minimum Gasteiger partial charge on any atom is -0.481 e. The van der Waals surface area contributed by atoms with Gasteiger partial charge in [0.15, 0.2) is 0 Å². The molecule has 0 aromatic carbocycles. The van der Waals surface area contributed by atoms with Crippen LogP contribution in [0.25, 0.3) is 0 Å². The van der Waals surface area contributed by atoms with Gasteiger partial charge in [-0.25, -0.2) is 4.79 Å². The molecule has 0 heterocycles. The normalized spacial score (nSPS) is 11.2. The number of hydrogen-bond acceptors (Lipinski definition) is 3. The first kappa shape index (κ1) is 16.7. The Balaban J connectivity index is 4.64. The van der Waals surface area contributed by atoms with Crippen molar-refractivity contribution in [2.24, 2.45) is 0 Å². The van der Waals surface area contributed by atoms with Crippen molar-refractivity contribution in [2.45, 2.75) is 39.2 Å². The summed E-state index contributed by atoms with van der Waals surface area (Å²) in [6.45, 7) is 6.27. The molecule has 0 unspecified atom stereocenters. The van der Waals surface area contributed by atoms with Crippen molar-refractivity contribution in [3.8, 4) is 0 Å². The highest BCUT2D eigenvalue weighted by Crippen LogP contribution is 2.16. The van der Waals surface area contributed by atoms with Gasteiger partial charge in [-0.3, -0.25) is 4.79 Å². The smallest absolute Gasteiger partial charge is 0.320 e. The molecule has 0 radical (unpaired) electrons. The van der Waals surface area contributed by atoms with Crippen molar-refractivity contribution < 1.29 is 19.8 Å². The Hall–Kier alpha value is -1.30. The summed E-state index contributed by atoms with van der Waals surface area (Å²) >= 11 is 0. The second-order valence-corrected chi connectivity index (χ2v) is 5.25. The maximum atomic E-state index is 12.2. The summed E-state index contributed by atoms with van der Waals surface area (Å²) in [5.41, 5.74) is -0.431. The van der Waals surface area contributed by atoms with Crippen LogP contribution in [0, 0.1) is 0 Å². The first-order chi connectivity index (χ1) is 8.20. The van der Waals surface area contributed by atoms with Gasteiger partial charge in [-0.2, -0.15) is 0 Å². The predicted octanol–water partition coefficient (Wildman–Crippen LogP) is 0.996. The van der Waals surface area contributed by atoms with Crippen LogP contribution in [0.3, 0.4) is 0 Å². The fourth-order valence-corrected chi connectivity index (χ4v) is 1.54. The molecule has 0 fully saturated rings. The van der Waals surface area contributed by atoms with Gasteiger partial charge in [0.05, 0.1) is 6.42 Å². The standard InChI is InChI=1S/C12H24N2O4/c1-12(2,3)14(8-6-10(16)17)11(18)13(4)7-5-9-15/h15H,5-9H2,1-4H3,(H,16,17). The minimum atomic E-state index is -0.921. The third-order valence-electron chi connectivity index (χ3n) is 2.57. The van der Waals surface area contributed by atoms with Gasteiger partial charge >= 0.3 is 12.0 Å². The molecule has 2 N–H and O–H groups in total. The highest BCUT2D eigenvalue weighted by molar-refractivity contribution is 5.76. The zero-order valence-corrected chi connectivity index (χ0v) is 11.6. The van der Waals surface area contributed by atoms with Crippen molar-refractivity contribution in [2.75, 3.05) is 26.7 Å². The maximum absolute atomic E-state index is 12.2. The van der Waals surface area contributed by atoms with Crippen molar-refractivity contribution in [1.29, 1.82) is 0 Å². The highest BCUT2D eigenvalue weighted by Gasteiger charge is 2.28. The first-order valence-electron chi connectivity index (χ1n) is 6.05. The minimum absolute atomic E-state index is 0.0300. The molecule has 0 bridgehead atoms. The molecule has 0 aliphatic rings. The SMILES string of the molecule is CN(CCCO)C(=O)N(CCC(=O)O)C(C)(C)C. The number of carbonyl (C=O) groups is 2. The summed E-state index contributed by atoms with van der Waals surface area (Å²) in [5, 5.41) is 17.4. The lowest BCUT2D eigenvalue weighted by Gasteiger charge is -2.38. The van der Waals surface area contributed by atoms with Crippen LogP contribution in [0.2, 0.25) is 0 Å². The van der Waals surface area contributed by atoms with E-state index in [0.717, 1.165) is 0 Å². The monoisotopic (exact) mass is 260 g/mol. The zero-order valence-electron chi connectivity index (χ0n) is 11.6. The summed E-state index contributed by atoms with van der Waals surface area (Å²) in [7, 11) is 1.65. The molecule has 6 heteroatoms. The van der Waals surface area contributed by atoms with Gasteiger partial charge in [0.1, 0.15) is 0 Å². The van der Waals surface area contributed by atoms with Gasteiger partial charge in [0, 0.05) is 32.3 Å². The Morgan fingerprint density at radius 3 is 2.11 bits per heavy atom. The van der Waals surface area contributed by atoms with E-state index < -0.39 is 11.5 Å². The number of carboxylic acid groups (broad SMARTS) is 1. The molecule has 0 aromatic rings. The number of carboxylic acids is 1. The fraction of sp³-hybridized carbons (Fsp3) is 0.833. The lowest BCUT2D eigenvalue weighted by Crippen LogP contribution is -2.51. The molecule has 106 valence electrons. The van der Waals surface area contributed by atoms with E-state index in [4.69, 9.17) is 10.2 Å². The molecule has 2 amide bonds. The van der Waals surface area contributed by atoms with Gasteiger partial charge < -0.3 is 20.0 Å². The van der Waals surface area contributed by atoms with Crippen LogP contribution in [0.4, 0.5) is 4.79 Å². The first-order valence-corrected chi connectivity index (χ1v) is 6.05. The molecule has 6 nitrogen and oxygen atoms in total. The topological polar surface area (TPSA) is 81.1 Å². The van der Waals surface area contributed by atoms with E-state index in [1.807, 2.05) is 20.8 Å². The summed E-state index contributed by atoms with van der Waals surface area (Å²) in [4.78, 5) is 25.8. The molecule has 0 aliphatic carbocycles. The molecule has 0 rings (SSSR count). The molecule has 0 spiro atoms. The molecule has 0 aromatic heterocycles. The van der Waals surface area contributed by atoms with E-state index in [-0.39, 0.29) is 25.6 Å². The number of rotatable bonds is 6. The van der Waals surface area contributed by atoms with Crippen molar-refractivity contribution in [1.82, 2.24) is 9.80 Å². The Kier molecular flexibility index (Phi) is 6.68. The van der Waals surface area contributed by atoms with Gasteiger partial charge in [-0.15, -0.1) is 0 Å². The van der Waals surface area contributed by atoms with E-state index in [1.165, 1.54) is 4.90 Å². The third kappa shape index (κ3) is 5.86. The predicted molar refractivity (Wildman–Crippen MR) is 68.4 cm³/mol. The van der Waals surface area contributed by atoms with E-state index >= 15 is 0 Å². The molecule has 18 heavy (non-hydrogen) atoms. The highest BCUT2D eigenvalue weighted by atomic mass is 16.4. The van der Waals surface area contributed by atoms with Gasteiger partial charge in [-0.1, -0.05) is 0 Å². The van der Waals surface area contributed by atoms with E-state index in [9.17, 15) is 9.59 Å². The fourth-order valence-electron chi connectivity index (χ4n) is 1.54. The number of aliphatic hydroxyl groups excluding tert-OH is 1. The van der Waals surface area contributed by atoms with Gasteiger partial charge in [0.2, 0.25) is 0 Å². The Morgan fingerprint density at radius 2 is 1.72 bits per heavy atom. The molecule has 0 atom stereocenters. The molecule has 0 saturated heterocycles.